The number of anilines is 1. The van der Waals surface area contributed by atoms with Crippen molar-refractivity contribution in [2.24, 2.45) is 0 Å². The Balaban J connectivity index is 1.45. The predicted molar refractivity (Wildman–Crippen MR) is 133 cm³/mol. The molecule has 0 spiro atoms. The van der Waals surface area contributed by atoms with E-state index in [0.29, 0.717) is 24.3 Å². The van der Waals surface area contributed by atoms with Gasteiger partial charge in [-0.25, -0.2) is 4.79 Å². The summed E-state index contributed by atoms with van der Waals surface area (Å²) in [6, 6.07) is 14.3. The molecule has 0 aliphatic carbocycles. The summed E-state index contributed by atoms with van der Waals surface area (Å²) in [6.07, 6.45) is 0.419. The molecule has 180 valence electrons. The molecule has 2 N–H and O–H groups in total. The van der Waals surface area contributed by atoms with E-state index in [1.54, 1.807) is 24.3 Å². The topological polar surface area (TPSA) is 107 Å². The van der Waals surface area contributed by atoms with Crippen LogP contribution in [0.4, 0.5) is 5.69 Å². The zero-order valence-electron chi connectivity index (χ0n) is 18.4. The van der Waals surface area contributed by atoms with Crippen molar-refractivity contribution in [2.45, 2.75) is 18.1 Å². The van der Waals surface area contributed by atoms with Crippen molar-refractivity contribution in [1.29, 1.82) is 0 Å². The Morgan fingerprint density at radius 3 is 2.18 bits per heavy atom. The maximum atomic E-state index is 12.8. The molecule has 0 saturated carbocycles. The second kappa shape index (κ2) is 12.0. The zero-order chi connectivity index (χ0) is 24.7. The molecule has 1 aliphatic heterocycles. The lowest BCUT2D eigenvalue weighted by Crippen LogP contribution is -2.49. The SMILES string of the molecule is O=C(O)C(=O)CC(S)C(=O)Nc1ccc(C(=O)N2CCN(CCc3ccc(Cl)cc3)CC2)cc1. The van der Waals surface area contributed by atoms with Gasteiger partial charge in [0.1, 0.15) is 0 Å². The predicted octanol–water partition coefficient (Wildman–Crippen LogP) is 2.62. The number of halogens is 1. The number of amides is 2. The van der Waals surface area contributed by atoms with Crippen LogP contribution in [0.2, 0.25) is 5.02 Å². The first-order valence-electron chi connectivity index (χ1n) is 10.8. The second-order valence-electron chi connectivity index (χ2n) is 8.03. The number of carboxylic acid groups (broad SMARTS) is 1. The van der Waals surface area contributed by atoms with E-state index in [9.17, 15) is 19.2 Å². The highest BCUT2D eigenvalue weighted by molar-refractivity contribution is 7.81. The molecule has 8 nitrogen and oxygen atoms in total. The number of piperazine rings is 1. The molecule has 1 aliphatic rings. The van der Waals surface area contributed by atoms with Gasteiger partial charge >= 0.3 is 5.97 Å². The van der Waals surface area contributed by atoms with Crippen LogP contribution in [0.1, 0.15) is 22.3 Å². The Morgan fingerprint density at radius 1 is 0.971 bits per heavy atom. The van der Waals surface area contributed by atoms with Crippen molar-refractivity contribution in [3.8, 4) is 0 Å². The van der Waals surface area contributed by atoms with Gasteiger partial charge in [0.2, 0.25) is 11.7 Å². The number of nitrogens with zero attached hydrogens (tertiary/aromatic N) is 2. The van der Waals surface area contributed by atoms with E-state index in [4.69, 9.17) is 16.7 Å². The average molecular weight is 504 g/mol. The minimum Gasteiger partial charge on any atom is -0.476 e. The van der Waals surface area contributed by atoms with E-state index in [-0.39, 0.29) is 5.91 Å². The van der Waals surface area contributed by atoms with Crippen molar-refractivity contribution in [2.75, 3.05) is 38.0 Å². The number of carboxylic acids is 1. The van der Waals surface area contributed by atoms with E-state index in [2.05, 4.69) is 22.8 Å². The Labute approximate surface area is 208 Å². The Morgan fingerprint density at radius 2 is 1.59 bits per heavy atom. The number of nitrogens with one attached hydrogen (secondary N) is 1. The summed E-state index contributed by atoms with van der Waals surface area (Å²) in [7, 11) is 0. The van der Waals surface area contributed by atoms with Gasteiger partial charge in [0.05, 0.1) is 5.25 Å². The van der Waals surface area contributed by atoms with Crippen molar-refractivity contribution < 1.29 is 24.3 Å². The molecule has 1 heterocycles. The van der Waals surface area contributed by atoms with E-state index in [1.807, 2.05) is 29.2 Å². The second-order valence-corrected chi connectivity index (χ2v) is 9.08. The normalized spacial score (nSPS) is 14.9. The first kappa shape index (κ1) is 25.7. The molecule has 0 radical (unpaired) electrons. The van der Waals surface area contributed by atoms with Crippen molar-refractivity contribution >= 4 is 53.5 Å². The maximum Gasteiger partial charge on any atom is 0.372 e. The van der Waals surface area contributed by atoms with Crippen LogP contribution in [0.15, 0.2) is 48.5 Å². The minimum absolute atomic E-state index is 0.0747. The summed E-state index contributed by atoms with van der Waals surface area (Å²) >= 11 is 9.92. The lowest BCUT2D eigenvalue weighted by molar-refractivity contribution is -0.149. The Bertz CT molecular complexity index is 1040. The number of aliphatic carboxylic acids is 1. The van der Waals surface area contributed by atoms with Crippen LogP contribution in [0.3, 0.4) is 0 Å². The van der Waals surface area contributed by atoms with Crippen molar-refractivity contribution in [3.63, 3.8) is 0 Å². The highest BCUT2D eigenvalue weighted by atomic mass is 35.5. The number of carbonyl (C=O) groups excluding carboxylic acids is 3. The summed E-state index contributed by atoms with van der Waals surface area (Å²) in [6.45, 7) is 3.79. The molecule has 34 heavy (non-hydrogen) atoms. The fourth-order valence-corrected chi connectivity index (χ4v) is 3.93. The molecule has 1 unspecified atom stereocenters. The van der Waals surface area contributed by atoms with Crippen LogP contribution in [0.5, 0.6) is 0 Å². The lowest BCUT2D eigenvalue weighted by Gasteiger charge is -2.34. The number of rotatable bonds is 9. The van der Waals surface area contributed by atoms with Crippen LogP contribution in [0, 0.1) is 0 Å². The average Bonchev–Trinajstić information content (AvgIpc) is 2.84. The summed E-state index contributed by atoms with van der Waals surface area (Å²) in [5, 5.41) is 10.8. The molecule has 2 aromatic rings. The number of ketones is 1. The van der Waals surface area contributed by atoms with Crippen LogP contribution in [0.25, 0.3) is 0 Å². The minimum atomic E-state index is -1.60. The molecule has 1 atom stereocenters. The van der Waals surface area contributed by atoms with Gasteiger partial charge in [-0.2, -0.15) is 12.6 Å². The molecule has 2 amide bonds. The standard InChI is InChI=1S/C24H26ClN3O5S/c25-18-5-1-16(2-6-18)9-10-27-11-13-28(14-12-27)23(31)17-3-7-19(8-4-17)26-22(30)21(34)15-20(29)24(32)33/h1-8,21,34H,9-15H2,(H,26,30)(H,32,33). The monoisotopic (exact) mass is 503 g/mol. The zero-order valence-corrected chi connectivity index (χ0v) is 20.1. The van der Waals surface area contributed by atoms with Gasteiger partial charge in [-0.15, -0.1) is 0 Å². The summed E-state index contributed by atoms with van der Waals surface area (Å²) in [5.74, 6) is -3.35. The quantitative estimate of drug-likeness (QED) is 0.359. The molecule has 2 aromatic carbocycles. The number of benzene rings is 2. The maximum absolute atomic E-state index is 12.8. The highest BCUT2D eigenvalue weighted by Crippen LogP contribution is 2.16. The van der Waals surface area contributed by atoms with E-state index < -0.39 is 29.3 Å². The summed E-state index contributed by atoms with van der Waals surface area (Å²) < 4.78 is 0. The van der Waals surface area contributed by atoms with Crippen molar-refractivity contribution in [1.82, 2.24) is 9.80 Å². The smallest absolute Gasteiger partial charge is 0.372 e. The van der Waals surface area contributed by atoms with Gasteiger partial charge in [0.25, 0.3) is 5.91 Å². The third-order valence-electron chi connectivity index (χ3n) is 5.61. The first-order chi connectivity index (χ1) is 16.2. The molecule has 3 rings (SSSR count). The van der Waals surface area contributed by atoms with Crippen molar-refractivity contribution in [3.05, 3.63) is 64.7 Å². The number of hydrogen-bond acceptors (Lipinski definition) is 6. The molecule has 10 heteroatoms. The largest absolute Gasteiger partial charge is 0.476 e. The van der Waals surface area contributed by atoms with E-state index >= 15 is 0 Å². The van der Waals surface area contributed by atoms with Gasteiger partial charge in [-0.3, -0.25) is 19.3 Å². The molecule has 0 aromatic heterocycles. The fourth-order valence-electron chi connectivity index (χ4n) is 3.57. The summed E-state index contributed by atoms with van der Waals surface area (Å²) in [5.41, 5.74) is 2.17. The third kappa shape index (κ3) is 7.31. The number of thiol groups is 1. The molecule has 1 fully saturated rings. The van der Waals surface area contributed by atoms with Gasteiger partial charge in [-0.05, 0) is 48.4 Å². The third-order valence-corrected chi connectivity index (χ3v) is 6.28. The first-order valence-corrected chi connectivity index (χ1v) is 11.7. The van der Waals surface area contributed by atoms with Crippen LogP contribution < -0.4 is 5.32 Å². The van der Waals surface area contributed by atoms with E-state index in [0.717, 1.165) is 31.1 Å². The Kier molecular flexibility index (Phi) is 9.09. The van der Waals surface area contributed by atoms with Crippen LogP contribution in [-0.2, 0) is 20.8 Å². The summed E-state index contributed by atoms with van der Waals surface area (Å²) in [4.78, 5) is 50.9. The Hall–Kier alpha value is -2.88. The molecule has 0 bridgehead atoms. The number of hydrogen-bond donors (Lipinski definition) is 3. The van der Waals surface area contributed by atoms with Crippen LogP contribution in [-0.4, -0.2) is 76.4 Å². The van der Waals surface area contributed by atoms with Gasteiger partial charge < -0.3 is 15.3 Å². The molecular formula is C24H26ClN3O5S. The number of Topliss-reactive ketones (excluding diaryl/α,β-unsaturated/α-hetero) is 1. The van der Waals surface area contributed by atoms with Crippen LogP contribution >= 0.6 is 24.2 Å². The van der Waals surface area contributed by atoms with Gasteiger partial charge in [-0.1, -0.05) is 23.7 Å². The van der Waals surface area contributed by atoms with E-state index in [1.165, 1.54) is 5.56 Å². The fraction of sp³-hybridized carbons (Fsp3) is 0.333. The lowest BCUT2D eigenvalue weighted by atomic mass is 10.1. The van der Waals surface area contributed by atoms with Gasteiger partial charge in [0, 0.05) is 55.4 Å². The number of carbonyl (C=O) groups is 4. The highest BCUT2D eigenvalue weighted by Gasteiger charge is 2.23. The molecule has 1 saturated heterocycles. The molecular weight excluding hydrogens is 478 g/mol. The van der Waals surface area contributed by atoms with Gasteiger partial charge in [0.15, 0.2) is 0 Å².